The van der Waals surface area contributed by atoms with Gasteiger partial charge in [0.05, 0.1) is 42.4 Å². The van der Waals surface area contributed by atoms with E-state index in [4.69, 9.17) is 4.74 Å². The Morgan fingerprint density at radius 1 is 1.22 bits per heavy atom. The highest BCUT2D eigenvalue weighted by molar-refractivity contribution is 5.64. The molecule has 0 saturated carbocycles. The van der Waals surface area contributed by atoms with E-state index in [1.54, 1.807) is 33.9 Å². The number of rotatable bonds is 5. The van der Waals surface area contributed by atoms with Crippen molar-refractivity contribution in [3.8, 4) is 11.7 Å². The molecule has 0 fully saturated rings. The van der Waals surface area contributed by atoms with Gasteiger partial charge in [0, 0.05) is 18.7 Å². The Kier molecular flexibility index (Phi) is 6.35. The molecule has 3 atom stereocenters. The first kappa shape index (κ1) is 24.1. The maximum Gasteiger partial charge on any atom is 0.392 e. The van der Waals surface area contributed by atoms with Gasteiger partial charge in [0.2, 0.25) is 5.82 Å². The fraction of sp³-hybridized carbons (Fsp3) is 0.458. The molecule has 3 aromatic rings. The Bertz CT molecular complexity index is 1310. The average molecular weight is 505 g/mol. The zero-order valence-corrected chi connectivity index (χ0v) is 19.8. The number of fused-ring (bicyclic) bond motifs is 1. The molecule has 0 saturated heterocycles. The van der Waals surface area contributed by atoms with Gasteiger partial charge in [-0.15, -0.1) is 0 Å². The number of aromatic nitrogens is 7. The number of allylic oxidation sites excluding steroid dienone is 2. The van der Waals surface area contributed by atoms with E-state index in [0.717, 1.165) is 12.1 Å². The number of hydrogen-bond acceptors (Lipinski definition) is 5. The smallest absolute Gasteiger partial charge is 0.392 e. The molecule has 5 rings (SSSR count). The second kappa shape index (κ2) is 9.47. The van der Waals surface area contributed by atoms with Crippen molar-refractivity contribution in [2.45, 2.75) is 51.2 Å². The van der Waals surface area contributed by atoms with E-state index >= 15 is 0 Å². The van der Waals surface area contributed by atoms with Crippen LogP contribution in [-0.4, -0.2) is 42.9 Å². The SMILES string of the molecule is COc1nc(C=Cc2nc3[n+]([nH]2)CCCC3C2CC=C(F)CC2C(F)(F)F)cnc1-n1cnc(C)c1. The Morgan fingerprint density at radius 2 is 2.06 bits per heavy atom. The number of aromatic amines is 1. The van der Waals surface area contributed by atoms with Crippen molar-refractivity contribution in [2.75, 3.05) is 7.11 Å². The van der Waals surface area contributed by atoms with Crippen molar-refractivity contribution in [3.63, 3.8) is 0 Å². The predicted molar refractivity (Wildman–Crippen MR) is 122 cm³/mol. The molecule has 0 bridgehead atoms. The van der Waals surface area contributed by atoms with Gasteiger partial charge in [0.1, 0.15) is 12.9 Å². The number of methoxy groups -OCH3 is 1. The van der Waals surface area contributed by atoms with E-state index in [0.29, 0.717) is 42.0 Å². The first-order valence-corrected chi connectivity index (χ1v) is 11.7. The first-order chi connectivity index (χ1) is 17.2. The quantitative estimate of drug-likeness (QED) is 0.409. The summed E-state index contributed by atoms with van der Waals surface area (Å²) >= 11 is 0. The molecule has 2 aliphatic rings. The fourth-order valence-electron chi connectivity index (χ4n) is 5.09. The lowest BCUT2D eigenvalue weighted by Gasteiger charge is -2.35. The number of alkyl halides is 3. The number of nitrogens with one attached hydrogen (secondary N) is 1. The lowest BCUT2D eigenvalue weighted by molar-refractivity contribution is -0.764. The third-order valence-corrected chi connectivity index (χ3v) is 6.77. The molecule has 1 aliphatic heterocycles. The van der Waals surface area contributed by atoms with E-state index in [2.05, 4.69) is 25.0 Å². The summed E-state index contributed by atoms with van der Waals surface area (Å²) in [5, 5.41) is 3.16. The van der Waals surface area contributed by atoms with Crippen LogP contribution in [0.3, 0.4) is 0 Å². The van der Waals surface area contributed by atoms with Gasteiger partial charge in [-0.2, -0.15) is 23.0 Å². The van der Waals surface area contributed by atoms with E-state index in [-0.39, 0.29) is 6.42 Å². The van der Waals surface area contributed by atoms with Crippen LogP contribution in [-0.2, 0) is 6.54 Å². The molecule has 3 aromatic heterocycles. The number of imidazole rings is 1. The van der Waals surface area contributed by atoms with Crippen LogP contribution in [0.15, 0.2) is 30.6 Å². The average Bonchev–Trinajstić information content (AvgIpc) is 3.47. The highest BCUT2D eigenvalue weighted by atomic mass is 19.4. The fourth-order valence-corrected chi connectivity index (χ4v) is 5.09. The molecule has 190 valence electrons. The van der Waals surface area contributed by atoms with Crippen LogP contribution in [0, 0.1) is 18.8 Å². The maximum atomic E-state index is 13.7. The molecule has 0 aromatic carbocycles. The van der Waals surface area contributed by atoms with Gasteiger partial charge in [-0.1, -0.05) is 6.08 Å². The van der Waals surface area contributed by atoms with Crippen LogP contribution < -0.4 is 9.42 Å². The largest absolute Gasteiger partial charge is 0.478 e. The van der Waals surface area contributed by atoms with Gasteiger partial charge >= 0.3 is 12.0 Å². The molecule has 8 nitrogen and oxygen atoms in total. The third kappa shape index (κ3) is 4.76. The summed E-state index contributed by atoms with van der Waals surface area (Å²) in [6.45, 7) is 2.50. The van der Waals surface area contributed by atoms with Gasteiger partial charge in [-0.3, -0.25) is 4.57 Å². The molecule has 0 spiro atoms. The number of halogens is 4. The molecule has 1 aliphatic carbocycles. The van der Waals surface area contributed by atoms with Crippen LogP contribution in [0.2, 0.25) is 0 Å². The lowest BCUT2D eigenvalue weighted by Crippen LogP contribution is -2.47. The molecule has 3 unspecified atom stereocenters. The van der Waals surface area contributed by atoms with Gasteiger partial charge in [0.25, 0.3) is 11.7 Å². The minimum absolute atomic E-state index is 0.0525. The third-order valence-electron chi connectivity index (χ3n) is 6.77. The molecule has 4 heterocycles. The molecule has 0 radical (unpaired) electrons. The number of nitrogens with zero attached hydrogens (tertiary/aromatic N) is 6. The van der Waals surface area contributed by atoms with Gasteiger partial charge in [-0.25, -0.2) is 19.3 Å². The summed E-state index contributed by atoms with van der Waals surface area (Å²) in [7, 11) is 1.50. The summed E-state index contributed by atoms with van der Waals surface area (Å²) in [6, 6.07) is 0. The standard InChI is InChI=1S/C24H25F4N7O/c1-14-12-34(13-30-14)22-23(36-2)31-16(11-29-22)6-8-20-32-21-18(4-3-9-35(21)33-20)17-7-5-15(25)10-19(17)24(26,27)28/h5-6,8,11-13,17-19H,3-4,7,9-10H2,1-2H3/p+1. The van der Waals surface area contributed by atoms with E-state index in [9.17, 15) is 17.6 Å². The summed E-state index contributed by atoms with van der Waals surface area (Å²) in [4.78, 5) is 17.7. The second-order valence-electron chi connectivity index (χ2n) is 9.15. The van der Waals surface area contributed by atoms with Crippen molar-refractivity contribution in [1.82, 2.24) is 29.6 Å². The molecule has 1 N–H and O–H groups in total. The highest BCUT2D eigenvalue weighted by Gasteiger charge is 2.51. The van der Waals surface area contributed by atoms with Crippen LogP contribution in [0.1, 0.15) is 54.6 Å². The Morgan fingerprint density at radius 3 is 2.78 bits per heavy atom. The molecular weight excluding hydrogens is 478 g/mol. The molecule has 12 heteroatoms. The zero-order valence-electron chi connectivity index (χ0n) is 19.8. The summed E-state index contributed by atoms with van der Waals surface area (Å²) in [5.74, 6) is -1.67. The predicted octanol–water partition coefficient (Wildman–Crippen LogP) is 4.48. The maximum absolute atomic E-state index is 13.7. The Balaban J connectivity index is 1.39. The van der Waals surface area contributed by atoms with Gasteiger partial charge in [0.15, 0.2) is 0 Å². The van der Waals surface area contributed by atoms with Crippen molar-refractivity contribution in [2.24, 2.45) is 11.8 Å². The topological polar surface area (TPSA) is 85.4 Å². The minimum Gasteiger partial charge on any atom is -0.478 e. The Hall–Kier alpha value is -3.57. The van der Waals surface area contributed by atoms with Crippen LogP contribution in [0.5, 0.6) is 5.88 Å². The monoisotopic (exact) mass is 504 g/mol. The minimum atomic E-state index is -4.46. The van der Waals surface area contributed by atoms with Gasteiger partial charge in [-0.05, 0) is 43.2 Å². The van der Waals surface area contributed by atoms with Crippen molar-refractivity contribution < 1.29 is 27.0 Å². The second-order valence-corrected chi connectivity index (χ2v) is 9.15. The number of ether oxygens (including phenoxy) is 1. The summed E-state index contributed by atoms with van der Waals surface area (Å²) < 4.78 is 63.9. The highest BCUT2D eigenvalue weighted by Crippen LogP contribution is 2.48. The number of hydrogen-bond donors (Lipinski definition) is 1. The van der Waals surface area contributed by atoms with Crippen LogP contribution >= 0.6 is 0 Å². The van der Waals surface area contributed by atoms with Crippen molar-refractivity contribution in [1.29, 1.82) is 0 Å². The Labute approximate surface area is 204 Å². The van der Waals surface area contributed by atoms with Crippen molar-refractivity contribution in [3.05, 3.63) is 53.7 Å². The number of aryl methyl sites for hydroxylation is 2. The van der Waals surface area contributed by atoms with Crippen molar-refractivity contribution >= 4 is 12.2 Å². The van der Waals surface area contributed by atoms with E-state index < -0.39 is 36.2 Å². The normalized spacial score (nSPS) is 22.5. The molecular formula is C24H26F4N7O+. The molecule has 36 heavy (non-hydrogen) atoms. The summed E-state index contributed by atoms with van der Waals surface area (Å²) in [5.41, 5.74) is 1.35. The van der Waals surface area contributed by atoms with Gasteiger partial charge < -0.3 is 4.74 Å². The van der Waals surface area contributed by atoms with Crippen LogP contribution in [0.25, 0.3) is 18.0 Å². The van der Waals surface area contributed by atoms with Crippen LogP contribution in [0.4, 0.5) is 17.6 Å². The first-order valence-electron chi connectivity index (χ1n) is 11.7. The zero-order chi connectivity index (χ0) is 25.4. The van der Waals surface area contributed by atoms with E-state index in [1.165, 1.54) is 13.2 Å². The van der Waals surface area contributed by atoms with E-state index in [1.807, 2.05) is 13.1 Å². The lowest BCUT2D eigenvalue weighted by atomic mass is 9.71. The molecule has 0 amide bonds. The number of H-pyrrole nitrogens is 1. The summed E-state index contributed by atoms with van der Waals surface area (Å²) in [6.07, 6.45) is 6.01.